The van der Waals surface area contributed by atoms with Crippen molar-refractivity contribution >= 4 is 11.8 Å². The van der Waals surface area contributed by atoms with Crippen molar-refractivity contribution in [1.29, 1.82) is 0 Å². The summed E-state index contributed by atoms with van der Waals surface area (Å²) >= 11 is 0. The van der Waals surface area contributed by atoms with E-state index in [9.17, 15) is 9.90 Å². The minimum absolute atomic E-state index is 0.211. The molecule has 0 bridgehead atoms. The van der Waals surface area contributed by atoms with Gasteiger partial charge in [-0.15, -0.1) is 0 Å². The maximum atomic E-state index is 11.6. The summed E-state index contributed by atoms with van der Waals surface area (Å²) in [7, 11) is 0. The highest BCUT2D eigenvalue weighted by molar-refractivity contribution is 5.93. The molecule has 0 saturated carbocycles. The summed E-state index contributed by atoms with van der Waals surface area (Å²) in [6.07, 6.45) is 0.962. The highest BCUT2D eigenvalue weighted by Crippen LogP contribution is 2.24. The van der Waals surface area contributed by atoms with Gasteiger partial charge in [0.25, 0.3) is 0 Å². The van der Waals surface area contributed by atoms with E-state index >= 15 is 0 Å². The Hall–Kier alpha value is -2.44. The lowest BCUT2D eigenvalue weighted by atomic mass is 10.1. The maximum absolute atomic E-state index is 11.6. The van der Waals surface area contributed by atoms with Crippen LogP contribution < -0.4 is 10.6 Å². The monoisotopic (exact) mass is 396 g/mol. The molecule has 2 aromatic rings. The fourth-order valence-corrected chi connectivity index (χ4v) is 3.59. The zero-order valence-electron chi connectivity index (χ0n) is 17.6. The number of benzene rings is 1. The smallest absolute Gasteiger partial charge is 0.339 e. The van der Waals surface area contributed by atoms with Crippen LogP contribution in [0.25, 0.3) is 11.3 Å². The van der Waals surface area contributed by atoms with Gasteiger partial charge in [-0.1, -0.05) is 32.0 Å². The molecule has 0 amide bonds. The maximum Gasteiger partial charge on any atom is 0.339 e. The summed E-state index contributed by atoms with van der Waals surface area (Å²) < 4.78 is 0. The van der Waals surface area contributed by atoms with Crippen molar-refractivity contribution in [3.8, 4) is 11.3 Å². The Kier molecular flexibility index (Phi) is 7.23. The van der Waals surface area contributed by atoms with Crippen LogP contribution in [-0.2, 0) is 6.54 Å². The summed E-state index contributed by atoms with van der Waals surface area (Å²) in [5.41, 5.74) is 3.25. The number of carbonyl (C=O) groups is 1. The molecule has 0 spiro atoms. The van der Waals surface area contributed by atoms with Crippen molar-refractivity contribution in [3.63, 3.8) is 0 Å². The van der Waals surface area contributed by atoms with E-state index in [1.165, 1.54) is 5.56 Å². The molecule has 156 valence electrons. The predicted molar refractivity (Wildman–Crippen MR) is 117 cm³/mol. The van der Waals surface area contributed by atoms with Gasteiger partial charge in [-0.25, -0.2) is 9.78 Å². The first kappa shape index (κ1) is 21.3. The van der Waals surface area contributed by atoms with Crippen LogP contribution in [-0.4, -0.2) is 53.2 Å². The molecule has 0 radical (unpaired) electrons. The normalized spacial score (nSPS) is 17.4. The average Bonchev–Trinajstić information content (AvgIpc) is 2.69. The topological polar surface area (TPSA) is 77.5 Å². The third kappa shape index (κ3) is 5.78. The molecule has 1 aliphatic rings. The van der Waals surface area contributed by atoms with Crippen LogP contribution >= 0.6 is 0 Å². The zero-order chi connectivity index (χ0) is 20.8. The van der Waals surface area contributed by atoms with E-state index in [2.05, 4.69) is 59.5 Å². The van der Waals surface area contributed by atoms with Crippen LogP contribution in [0, 0.1) is 5.92 Å². The second-order valence-corrected chi connectivity index (χ2v) is 8.23. The second kappa shape index (κ2) is 9.85. The molecule has 3 rings (SSSR count). The van der Waals surface area contributed by atoms with Crippen LogP contribution in [0.5, 0.6) is 0 Å². The highest BCUT2D eigenvalue weighted by atomic mass is 16.4. The summed E-state index contributed by atoms with van der Waals surface area (Å²) in [6.45, 7) is 11.2. The molecule has 1 aromatic carbocycles. The molecule has 2 heterocycles. The van der Waals surface area contributed by atoms with E-state index in [0.29, 0.717) is 24.3 Å². The van der Waals surface area contributed by atoms with E-state index in [0.717, 1.165) is 43.9 Å². The van der Waals surface area contributed by atoms with Gasteiger partial charge in [0.05, 0.1) is 5.69 Å². The first-order valence-corrected chi connectivity index (χ1v) is 10.5. The van der Waals surface area contributed by atoms with Crippen molar-refractivity contribution in [1.82, 2.24) is 15.2 Å². The molecule has 1 fully saturated rings. The van der Waals surface area contributed by atoms with Crippen molar-refractivity contribution in [2.75, 3.05) is 31.5 Å². The predicted octanol–water partition coefficient (Wildman–Crippen LogP) is 3.70. The van der Waals surface area contributed by atoms with Gasteiger partial charge in [0.1, 0.15) is 11.4 Å². The number of hydrogen-bond donors (Lipinski definition) is 3. The molecule has 1 aromatic heterocycles. The van der Waals surface area contributed by atoms with E-state index < -0.39 is 5.97 Å². The minimum atomic E-state index is -0.961. The Morgan fingerprint density at radius 1 is 1.34 bits per heavy atom. The number of aromatic carboxylic acids is 1. The Morgan fingerprint density at radius 3 is 2.90 bits per heavy atom. The first-order valence-electron chi connectivity index (χ1n) is 10.5. The van der Waals surface area contributed by atoms with Gasteiger partial charge in [-0.2, -0.15) is 0 Å². The molecule has 1 saturated heterocycles. The molecule has 29 heavy (non-hydrogen) atoms. The largest absolute Gasteiger partial charge is 0.478 e. The van der Waals surface area contributed by atoms with Crippen molar-refractivity contribution < 1.29 is 9.90 Å². The van der Waals surface area contributed by atoms with Crippen LogP contribution in [0.2, 0.25) is 0 Å². The SMILES string of the molecule is CC(C)CCNc1nc(-c2cccc(CN3CCNC[C@@H]3C)c2)ccc1C(=O)O. The zero-order valence-corrected chi connectivity index (χ0v) is 17.6. The lowest BCUT2D eigenvalue weighted by Crippen LogP contribution is -2.49. The number of carboxylic acids is 1. The summed E-state index contributed by atoms with van der Waals surface area (Å²) in [5.74, 6) is 0.0253. The first-order chi connectivity index (χ1) is 13.9. The Bertz CT molecular complexity index is 837. The molecule has 1 atom stereocenters. The average molecular weight is 397 g/mol. The summed E-state index contributed by atoms with van der Waals surface area (Å²) in [5, 5.41) is 16.1. The fourth-order valence-electron chi connectivity index (χ4n) is 3.59. The van der Waals surface area contributed by atoms with Gasteiger partial charge in [0, 0.05) is 44.3 Å². The Balaban J connectivity index is 1.81. The van der Waals surface area contributed by atoms with E-state index in [1.807, 2.05) is 6.07 Å². The third-order valence-corrected chi connectivity index (χ3v) is 5.39. The number of nitrogens with zero attached hydrogens (tertiary/aromatic N) is 2. The third-order valence-electron chi connectivity index (χ3n) is 5.39. The van der Waals surface area contributed by atoms with Crippen LogP contribution in [0.15, 0.2) is 36.4 Å². The number of pyridine rings is 1. The lowest BCUT2D eigenvalue weighted by Gasteiger charge is -2.33. The van der Waals surface area contributed by atoms with Gasteiger partial charge >= 0.3 is 5.97 Å². The van der Waals surface area contributed by atoms with Gasteiger partial charge in [-0.3, -0.25) is 4.90 Å². The number of carboxylic acid groups (broad SMARTS) is 1. The highest BCUT2D eigenvalue weighted by Gasteiger charge is 2.18. The van der Waals surface area contributed by atoms with Crippen LogP contribution in [0.1, 0.15) is 43.1 Å². The molecule has 0 aliphatic carbocycles. The van der Waals surface area contributed by atoms with E-state index in [-0.39, 0.29) is 5.56 Å². The Morgan fingerprint density at radius 2 is 2.17 bits per heavy atom. The molecule has 6 nitrogen and oxygen atoms in total. The number of piperazine rings is 1. The number of aromatic nitrogens is 1. The molecule has 3 N–H and O–H groups in total. The van der Waals surface area contributed by atoms with Gasteiger partial charge in [-0.05, 0) is 43.0 Å². The van der Waals surface area contributed by atoms with Gasteiger partial charge < -0.3 is 15.7 Å². The number of anilines is 1. The van der Waals surface area contributed by atoms with Crippen molar-refractivity contribution in [3.05, 3.63) is 47.5 Å². The minimum Gasteiger partial charge on any atom is -0.478 e. The molecule has 0 unspecified atom stereocenters. The molecule has 1 aliphatic heterocycles. The molecular weight excluding hydrogens is 364 g/mol. The van der Waals surface area contributed by atoms with E-state index in [4.69, 9.17) is 0 Å². The standard InChI is InChI=1S/C23H32N4O2/c1-16(2)9-10-25-22-20(23(28)29)7-8-21(26-22)19-6-4-5-18(13-19)15-27-12-11-24-14-17(27)3/h4-8,13,16-17,24H,9-12,14-15H2,1-3H3,(H,25,26)(H,28,29)/t17-/m0/s1. The van der Waals surface area contributed by atoms with Crippen LogP contribution in [0.3, 0.4) is 0 Å². The van der Waals surface area contributed by atoms with E-state index in [1.54, 1.807) is 12.1 Å². The quantitative estimate of drug-likeness (QED) is 0.632. The van der Waals surface area contributed by atoms with Gasteiger partial charge in [0.15, 0.2) is 0 Å². The molecular formula is C23H32N4O2. The Labute approximate surface area is 173 Å². The second-order valence-electron chi connectivity index (χ2n) is 8.23. The number of hydrogen-bond acceptors (Lipinski definition) is 5. The van der Waals surface area contributed by atoms with Crippen molar-refractivity contribution in [2.45, 2.75) is 39.8 Å². The lowest BCUT2D eigenvalue weighted by molar-refractivity contribution is 0.0697. The number of nitrogens with one attached hydrogen (secondary N) is 2. The summed E-state index contributed by atoms with van der Waals surface area (Å²) in [6, 6.07) is 12.3. The number of rotatable bonds is 8. The van der Waals surface area contributed by atoms with Crippen molar-refractivity contribution in [2.24, 2.45) is 5.92 Å². The van der Waals surface area contributed by atoms with Crippen LogP contribution in [0.4, 0.5) is 5.82 Å². The fraction of sp³-hybridized carbons (Fsp3) is 0.478. The molecule has 6 heteroatoms. The van der Waals surface area contributed by atoms with Gasteiger partial charge in [0.2, 0.25) is 0 Å². The summed E-state index contributed by atoms with van der Waals surface area (Å²) in [4.78, 5) is 18.7.